The number of thiocarbonyl (C=S) groups is 1. The molecule has 2 N–H and O–H groups in total. The maximum atomic E-state index is 5.29. The Labute approximate surface area is 155 Å². The van der Waals surface area contributed by atoms with Gasteiger partial charge >= 0.3 is 0 Å². The van der Waals surface area contributed by atoms with Gasteiger partial charge in [-0.25, -0.2) is 0 Å². The molecule has 1 aromatic heterocycles. The molecule has 2 rings (SSSR count). The van der Waals surface area contributed by atoms with Crippen molar-refractivity contribution in [2.24, 2.45) is 11.0 Å². The summed E-state index contributed by atoms with van der Waals surface area (Å²) < 4.78 is 7.61. The van der Waals surface area contributed by atoms with Crippen LogP contribution >= 0.6 is 12.2 Å². The monoisotopic (exact) mass is 358 g/mol. The Bertz CT molecular complexity index is 765. The van der Waals surface area contributed by atoms with Gasteiger partial charge in [-0.2, -0.15) is 5.10 Å². The molecule has 6 heteroatoms. The van der Waals surface area contributed by atoms with Gasteiger partial charge in [0.05, 0.1) is 19.0 Å². The summed E-state index contributed by atoms with van der Waals surface area (Å²) in [5.41, 5.74) is 7.19. The fourth-order valence-electron chi connectivity index (χ4n) is 2.66. The van der Waals surface area contributed by atoms with Crippen molar-refractivity contribution in [1.29, 1.82) is 0 Å². The van der Waals surface area contributed by atoms with Gasteiger partial charge in [-0.05, 0) is 50.2 Å². The fraction of sp³-hybridized carbons (Fsp3) is 0.368. The van der Waals surface area contributed by atoms with Crippen LogP contribution in [-0.4, -0.2) is 23.0 Å². The van der Waals surface area contributed by atoms with E-state index in [1.807, 2.05) is 24.3 Å². The number of benzene rings is 1. The van der Waals surface area contributed by atoms with Crippen LogP contribution in [0, 0.1) is 19.8 Å². The molecule has 0 aliphatic rings. The molecule has 0 saturated heterocycles. The third kappa shape index (κ3) is 5.06. The van der Waals surface area contributed by atoms with E-state index in [2.05, 4.69) is 54.2 Å². The van der Waals surface area contributed by atoms with Crippen molar-refractivity contribution in [3.05, 3.63) is 47.3 Å². The van der Waals surface area contributed by atoms with Gasteiger partial charge in [0.15, 0.2) is 5.11 Å². The number of methoxy groups -OCH3 is 1. The molecule has 0 fully saturated rings. The second kappa shape index (κ2) is 8.67. The highest BCUT2D eigenvalue weighted by molar-refractivity contribution is 7.80. The van der Waals surface area contributed by atoms with E-state index in [1.54, 1.807) is 13.3 Å². The number of hydrogen-bond donors (Lipinski definition) is 2. The first kappa shape index (κ1) is 19.0. The van der Waals surface area contributed by atoms with Crippen molar-refractivity contribution in [3.8, 4) is 5.75 Å². The minimum atomic E-state index is 0.414. The van der Waals surface area contributed by atoms with Crippen LogP contribution in [0.15, 0.2) is 35.4 Å². The predicted octanol–water partition coefficient (Wildman–Crippen LogP) is 4.09. The van der Waals surface area contributed by atoms with E-state index >= 15 is 0 Å². The summed E-state index contributed by atoms with van der Waals surface area (Å²) in [5.74, 6) is 1.33. The van der Waals surface area contributed by atoms with E-state index in [-0.39, 0.29) is 0 Å². The molecular formula is C19H26N4OS. The second-order valence-corrected chi connectivity index (χ2v) is 6.76. The van der Waals surface area contributed by atoms with Crippen LogP contribution in [0.4, 0.5) is 5.69 Å². The number of nitrogens with one attached hydrogen (secondary N) is 2. The van der Waals surface area contributed by atoms with Crippen molar-refractivity contribution >= 4 is 29.2 Å². The highest BCUT2D eigenvalue weighted by Crippen LogP contribution is 2.22. The first-order valence-electron chi connectivity index (χ1n) is 8.32. The summed E-state index contributed by atoms with van der Waals surface area (Å²) in [7, 11) is 1.63. The van der Waals surface area contributed by atoms with Gasteiger partial charge in [0.25, 0.3) is 0 Å². The van der Waals surface area contributed by atoms with Gasteiger partial charge in [0.2, 0.25) is 0 Å². The average molecular weight is 359 g/mol. The molecule has 0 saturated carbocycles. The molecule has 0 aliphatic carbocycles. The van der Waals surface area contributed by atoms with Crippen molar-refractivity contribution in [2.45, 2.75) is 34.2 Å². The predicted molar refractivity (Wildman–Crippen MR) is 109 cm³/mol. The van der Waals surface area contributed by atoms with Crippen LogP contribution in [0.2, 0.25) is 0 Å². The normalized spacial score (nSPS) is 11.1. The zero-order valence-electron chi connectivity index (χ0n) is 15.5. The summed E-state index contributed by atoms with van der Waals surface area (Å²) in [6.45, 7) is 9.68. The highest BCUT2D eigenvalue weighted by atomic mass is 32.1. The molecule has 0 unspecified atom stereocenters. The van der Waals surface area contributed by atoms with Gasteiger partial charge in [0, 0.05) is 23.5 Å². The Balaban J connectivity index is 2.00. The highest BCUT2D eigenvalue weighted by Gasteiger charge is 2.09. The van der Waals surface area contributed by atoms with Gasteiger partial charge in [-0.3, -0.25) is 5.43 Å². The molecule has 25 heavy (non-hydrogen) atoms. The van der Waals surface area contributed by atoms with E-state index in [4.69, 9.17) is 17.0 Å². The molecule has 0 aliphatic heterocycles. The molecule has 2 aromatic rings. The van der Waals surface area contributed by atoms with Crippen LogP contribution in [0.5, 0.6) is 5.75 Å². The number of hydrogen-bond acceptors (Lipinski definition) is 3. The van der Waals surface area contributed by atoms with E-state index in [0.29, 0.717) is 11.0 Å². The molecule has 0 bridgehead atoms. The number of anilines is 1. The maximum absolute atomic E-state index is 5.29. The number of nitrogens with zero attached hydrogens (tertiary/aromatic N) is 2. The Kier molecular flexibility index (Phi) is 6.58. The maximum Gasteiger partial charge on any atom is 0.191 e. The van der Waals surface area contributed by atoms with E-state index in [9.17, 15) is 0 Å². The van der Waals surface area contributed by atoms with Crippen molar-refractivity contribution < 1.29 is 4.74 Å². The smallest absolute Gasteiger partial charge is 0.191 e. The first-order chi connectivity index (χ1) is 11.9. The van der Waals surface area contributed by atoms with E-state index < -0.39 is 0 Å². The Morgan fingerprint density at radius 1 is 1.32 bits per heavy atom. The summed E-state index contributed by atoms with van der Waals surface area (Å²) in [6, 6.07) is 9.74. The molecule has 0 spiro atoms. The summed E-state index contributed by atoms with van der Waals surface area (Å²) >= 11 is 5.28. The summed E-state index contributed by atoms with van der Waals surface area (Å²) in [5, 5.41) is 7.75. The lowest BCUT2D eigenvalue weighted by atomic mass is 10.2. The molecule has 5 nitrogen and oxygen atoms in total. The number of rotatable bonds is 6. The molecule has 0 amide bonds. The summed E-state index contributed by atoms with van der Waals surface area (Å²) in [6.07, 6.45) is 1.80. The van der Waals surface area contributed by atoms with Gasteiger partial charge in [-0.15, -0.1) is 0 Å². The van der Waals surface area contributed by atoms with E-state index in [1.165, 1.54) is 11.4 Å². The molecule has 0 atom stereocenters. The van der Waals surface area contributed by atoms with Crippen LogP contribution in [0.25, 0.3) is 0 Å². The van der Waals surface area contributed by atoms with Crippen molar-refractivity contribution in [1.82, 2.24) is 9.99 Å². The lowest BCUT2D eigenvalue weighted by molar-refractivity contribution is 0.417. The topological polar surface area (TPSA) is 50.6 Å². The molecule has 0 radical (unpaired) electrons. The minimum absolute atomic E-state index is 0.414. The van der Waals surface area contributed by atoms with Crippen LogP contribution in [0.1, 0.15) is 30.8 Å². The zero-order chi connectivity index (χ0) is 18.4. The van der Waals surface area contributed by atoms with Crippen LogP contribution in [-0.2, 0) is 6.54 Å². The first-order valence-corrected chi connectivity index (χ1v) is 8.73. The Morgan fingerprint density at radius 3 is 2.72 bits per heavy atom. The van der Waals surface area contributed by atoms with E-state index in [0.717, 1.165) is 23.5 Å². The zero-order valence-corrected chi connectivity index (χ0v) is 16.3. The van der Waals surface area contributed by atoms with Crippen LogP contribution < -0.4 is 15.5 Å². The number of para-hydroxylation sites is 2. The third-order valence-electron chi connectivity index (χ3n) is 3.89. The number of aryl methyl sites for hydroxylation is 1. The SMILES string of the molecule is COc1ccccc1NC(=S)NN=Cc1cc(C)n(CC(C)C)c1C. The van der Waals surface area contributed by atoms with Crippen molar-refractivity contribution in [3.63, 3.8) is 0 Å². The molecule has 134 valence electrons. The number of ether oxygens (including phenoxy) is 1. The molecular weight excluding hydrogens is 332 g/mol. The lowest BCUT2D eigenvalue weighted by Gasteiger charge is -2.12. The standard InChI is InChI=1S/C19H26N4OS/c1-13(2)12-23-14(3)10-16(15(23)4)11-20-22-19(25)21-17-8-6-7-9-18(17)24-5/h6-11,13H,12H2,1-5H3,(H2,21,22,25). The van der Waals surface area contributed by atoms with Gasteiger partial charge in [0.1, 0.15) is 5.75 Å². The number of aromatic nitrogens is 1. The van der Waals surface area contributed by atoms with Gasteiger partial charge in [-0.1, -0.05) is 26.0 Å². The Morgan fingerprint density at radius 2 is 2.04 bits per heavy atom. The van der Waals surface area contributed by atoms with Crippen LogP contribution in [0.3, 0.4) is 0 Å². The molecule has 1 aromatic carbocycles. The minimum Gasteiger partial charge on any atom is -0.495 e. The summed E-state index contributed by atoms with van der Waals surface area (Å²) in [4.78, 5) is 0. The Hall–Kier alpha value is -2.34. The fourth-order valence-corrected chi connectivity index (χ4v) is 2.83. The molecule has 1 heterocycles. The largest absolute Gasteiger partial charge is 0.495 e. The lowest BCUT2D eigenvalue weighted by Crippen LogP contribution is -2.24. The van der Waals surface area contributed by atoms with Gasteiger partial charge < -0.3 is 14.6 Å². The van der Waals surface area contributed by atoms with Crippen molar-refractivity contribution in [2.75, 3.05) is 12.4 Å². The average Bonchev–Trinajstić information content (AvgIpc) is 2.82. The third-order valence-corrected chi connectivity index (χ3v) is 4.08. The number of hydrazone groups is 1. The second-order valence-electron chi connectivity index (χ2n) is 6.36. The quantitative estimate of drug-likeness (QED) is 0.464.